The Morgan fingerprint density at radius 3 is 3.20 bits per heavy atom. The third kappa shape index (κ3) is 1.61. The molecule has 0 atom stereocenters. The number of nitrogens with one attached hydrogen (secondary N) is 1. The van der Waals surface area contributed by atoms with Crippen molar-refractivity contribution in [2.24, 2.45) is 0 Å². The summed E-state index contributed by atoms with van der Waals surface area (Å²) < 4.78 is 6.60. The van der Waals surface area contributed by atoms with E-state index in [0.29, 0.717) is 17.0 Å². The zero-order valence-electron chi connectivity index (χ0n) is 7.93. The first-order valence-electron chi connectivity index (χ1n) is 4.32. The minimum absolute atomic E-state index is 0.258. The summed E-state index contributed by atoms with van der Waals surface area (Å²) in [5.74, 6) is -0.0490. The van der Waals surface area contributed by atoms with E-state index in [0.717, 1.165) is 0 Å². The van der Waals surface area contributed by atoms with Crippen LogP contribution < -0.4 is 0 Å². The highest BCUT2D eigenvalue weighted by Crippen LogP contribution is 2.05. The fraction of sp³-hybridized carbons (Fsp3) is 0.250. The molecule has 6 nitrogen and oxygen atoms in total. The van der Waals surface area contributed by atoms with Crippen molar-refractivity contribution in [2.45, 2.75) is 6.92 Å². The van der Waals surface area contributed by atoms with Crippen molar-refractivity contribution in [1.29, 1.82) is 0 Å². The molecular weight excluding hydrogens is 216 g/mol. The average Bonchev–Trinajstić information content (AvgIpc) is 2.67. The van der Waals surface area contributed by atoms with Crippen LogP contribution >= 0.6 is 12.2 Å². The molecule has 2 aromatic heterocycles. The fourth-order valence-electron chi connectivity index (χ4n) is 1.15. The molecule has 0 aliphatic carbocycles. The van der Waals surface area contributed by atoms with Crippen LogP contribution in [0, 0.1) is 4.64 Å². The minimum Gasteiger partial charge on any atom is -0.462 e. The molecule has 0 amide bonds. The molecule has 1 N–H and O–H groups in total. The summed E-state index contributed by atoms with van der Waals surface area (Å²) in [6.45, 7) is 2.04. The van der Waals surface area contributed by atoms with E-state index in [1.165, 1.54) is 17.0 Å². The van der Waals surface area contributed by atoms with Crippen LogP contribution in [-0.2, 0) is 4.74 Å². The maximum Gasteiger partial charge on any atom is 0.342 e. The number of nitrogens with zero attached hydrogens (tertiary/aromatic N) is 3. The summed E-state index contributed by atoms with van der Waals surface area (Å²) in [4.78, 5) is 19.3. The van der Waals surface area contributed by atoms with E-state index in [2.05, 4.69) is 15.1 Å². The molecule has 0 unspecified atom stereocenters. The second-order valence-corrected chi connectivity index (χ2v) is 3.11. The number of aromatic nitrogens is 4. The summed E-state index contributed by atoms with van der Waals surface area (Å²) in [5.41, 5.74) is 0.258. The third-order valence-electron chi connectivity index (χ3n) is 1.80. The van der Waals surface area contributed by atoms with E-state index in [9.17, 15) is 4.79 Å². The van der Waals surface area contributed by atoms with Gasteiger partial charge >= 0.3 is 5.97 Å². The summed E-state index contributed by atoms with van der Waals surface area (Å²) in [5, 5.41) is 2.76. The number of carbonyl (C=O) groups excluding carboxylic acids is 1. The molecule has 2 heterocycles. The van der Waals surface area contributed by atoms with Crippen LogP contribution in [-0.4, -0.2) is 32.2 Å². The van der Waals surface area contributed by atoms with Gasteiger partial charge in [0.25, 0.3) is 5.78 Å². The fourth-order valence-corrected chi connectivity index (χ4v) is 1.42. The molecule has 2 aromatic rings. The molecule has 0 aliphatic rings. The molecule has 0 aromatic carbocycles. The highest BCUT2D eigenvalue weighted by atomic mass is 32.1. The molecule has 0 fully saturated rings. The second-order valence-electron chi connectivity index (χ2n) is 2.72. The van der Waals surface area contributed by atoms with E-state index in [4.69, 9.17) is 17.0 Å². The number of hydrogen-bond acceptors (Lipinski definition) is 5. The monoisotopic (exact) mass is 224 g/mol. The van der Waals surface area contributed by atoms with Crippen LogP contribution in [0.2, 0.25) is 0 Å². The van der Waals surface area contributed by atoms with Gasteiger partial charge in [0.1, 0.15) is 16.5 Å². The minimum atomic E-state index is -0.473. The Labute approximate surface area is 89.9 Å². The molecule has 15 heavy (non-hydrogen) atoms. The average molecular weight is 224 g/mol. The van der Waals surface area contributed by atoms with E-state index < -0.39 is 5.97 Å². The Bertz CT molecular complexity index is 559. The lowest BCUT2D eigenvalue weighted by Crippen LogP contribution is -2.08. The molecular formula is C8H8N4O2S. The Morgan fingerprint density at radius 2 is 2.47 bits per heavy atom. The van der Waals surface area contributed by atoms with Crippen molar-refractivity contribution in [3.05, 3.63) is 22.7 Å². The Kier molecular flexibility index (Phi) is 2.46. The molecule has 7 heteroatoms. The molecule has 0 aliphatic heterocycles. The number of carbonyl (C=O) groups is 1. The number of aromatic amines is 1. The summed E-state index contributed by atoms with van der Waals surface area (Å²) in [6.07, 6.45) is 2.82. The van der Waals surface area contributed by atoms with Gasteiger partial charge in [-0.1, -0.05) is 12.2 Å². The standard InChI is InChI=1S/C8H8N4O2S/c1-2-14-7(13)5-3-9-8-10-4-11-12(8)6(5)15/h3-4H,2H2,1H3,(H,9,10,11). The van der Waals surface area contributed by atoms with Gasteiger partial charge in [-0.3, -0.25) is 5.10 Å². The first kappa shape index (κ1) is 9.78. The second kappa shape index (κ2) is 3.77. The first-order chi connectivity index (χ1) is 7.24. The summed E-state index contributed by atoms with van der Waals surface area (Å²) in [6, 6.07) is 0. The molecule has 0 saturated heterocycles. The van der Waals surface area contributed by atoms with Crippen molar-refractivity contribution in [2.75, 3.05) is 6.61 Å². The molecule has 0 radical (unpaired) electrons. The Hall–Kier alpha value is -1.76. The van der Waals surface area contributed by atoms with E-state index in [-0.39, 0.29) is 5.56 Å². The van der Waals surface area contributed by atoms with E-state index in [1.807, 2.05) is 0 Å². The van der Waals surface area contributed by atoms with E-state index in [1.54, 1.807) is 6.92 Å². The zero-order valence-corrected chi connectivity index (χ0v) is 8.74. The predicted octanol–water partition coefficient (Wildman–Crippen LogP) is 0.964. The van der Waals surface area contributed by atoms with Gasteiger partial charge in [0.15, 0.2) is 0 Å². The SMILES string of the molecule is CCOC(=O)c1cnc2nc[nH]n2c1=S. The van der Waals surface area contributed by atoms with Crippen molar-refractivity contribution < 1.29 is 9.53 Å². The van der Waals surface area contributed by atoms with Gasteiger partial charge in [-0.15, -0.1) is 0 Å². The largest absolute Gasteiger partial charge is 0.462 e. The van der Waals surface area contributed by atoms with Crippen molar-refractivity contribution >= 4 is 24.0 Å². The molecule has 2 rings (SSSR count). The van der Waals surface area contributed by atoms with Gasteiger partial charge < -0.3 is 4.74 Å². The van der Waals surface area contributed by atoms with Gasteiger partial charge in [0.05, 0.1) is 6.61 Å². The lowest BCUT2D eigenvalue weighted by atomic mass is 10.3. The van der Waals surface area contributed by atoms with Gasteiger partial charge in [-0.05, 0) is 6.92 Å². The Morgan fingerprint density at radius 1 is 1.67 bits per heavy atom. The smallest absolute Gasteiger partial charge is 0.342 e. The number of esters is 1. The van der Waals surface area contributed by atoms with Crippen LogP contribution in [0.25, 0.3) is 5.78 Å². The van der Waals surface area contributed by atoms with E-state index >= 15 is 0 Å². The number of rotatable bonds is 2. The van der Waals surface area contributed by atoms with Crippen LogP contribution in [0.1, 0.15) is 17.3 Å². The third-order valence-corrected chi connectivity index (χ3v) is 2.21. The van der Waals surface area contributed by atoms with Gasteiger partial charge in [0, 0.05) is 6.20 Å². The maximum atomic E-state index is 11.5. The first-order valence-corrected chi connectivity index (χ1v) is 4.73. The van der Waals surface area contributed by atoms with Gasteiger partial charge in [-0.25, -0.2) is 19.3 Å². The molecule has 0 spiro atoms. The maximum absolute atomic E-state index is 11.5. The summed E-state index contributed by atoms with van der Waals surface area (Å²) >= 11 is 5.09. The van der Waals surface area contributed by atoms with Gasteiger partial charge in [-0.2, -0.15) is 0 Å². The van der Waals surface area contributed by atoms with Crippen LogP contribution in [0.4, 0.5) is 0 Å². The number of hydrogen-bond donors (Lipinski definition) is 1. The topological polar surface area (TPSA) is 72.3 Å². The van der Waals surface area contributed by atoms with Crippen molar-refractivity contribution in [3.8, 4) is 0 Å². The molecule has 0 saturated carbocycles. The lowest BCUT2D eigenvalue weighted by Gasteiger charge is -2.01. The zero-order chi connectivity index (χ0) is 10.8. The van der Waals surface area contributed by atoms with Crippen LogP contribution in [0.5, 0.6) is 0 Å². The van der Waals surface area contributed by atoms with Crippen LogP contribution in [0.3, 0.4) is 0 Å². The highest BCUT2D eigenvalue weighted by molar-refractivity contribution is 7.71. The van der Waals surface area contributed by atoms with Gasteiger partial charge in [0.2, 0.25) is 0 Å². The van der Waals surface area contributed by atoms with Crippen molar-refractivity contribution in [3.63, 3.8) is 0 Å². The van der Waals surface area contributed by atoms with Crippen molar-refractivity contribution in [1.82, 2.24) is 19.6 Å². The summed E-state index contributed by atoms with van der Waals surface area (Å²) in [7, 11) is 0. The lowest BCUT2D eigenvalue weighted by molar-refractivity contribution is 0.0524. The molecule has 0 bridgehead atoms. The number of H-pyrrole nitrogens is 1. The highest BCUT2D eigenvalue weighted by Gasteiger charge is 2.11. The Balaban J connectivity index is 2.57. The molecule has 78 valence electrons. The number of fused-ring (bicyclic) bond motifs is 1. The quantitative estimate of drug-likeness (QED) is 0.607. The van der Waals surface area contributed by atoms with Crippen LogP contribution in [0.15, 0.2) is 12.5 Å². The number of ether oxygens (including phenoxy) is 1. The predicted molar refractivity (Wildman–Crippen MR) is 54.1 cm³/mol. The normalized spacial score (nSPS) is 10.5.